The number of ether oxygens (including phenoxy) is 1. The quantitative estimate of drug-likeness (QED) is 0.663. The Morgan fingerprint density at radius 3 is 2.87 bits per heavy atom. The monoisotopic (exact) mass is 206 g/mol. The Kier molecular flexibility index (Phi) is 3.06. The third-order valence-corrected chi connectivity index (χ3v) is 2.94. The van der Waals surface area contributed by atoms with E-state index in [9.17, 15) is 4.79 Å². The normalized spacial score (nSPS) is 25.3. The van der Waals surface area contributed by atoms with Crippen LogP contribution in [0.2, 0.25) is 0 Å². The van der Waals surface area contributed by atoms with Crippen LogP contribution in [0.4, 0.5) is 0 Å². The molecule has 2 aliphatic rings. The average Bonchev–Trinajstić information content (AvgIpc) is 2.54. The highest BCUT2D eigenvalue weighted by atomic mass is 16.5. The smallest absolute Gasteiger partial charge is 0.162 e. The minimum Gasteiger partial charge on any atom is -0.373 e. The second-order valence-electron chi connectivity index (χ2n) is 4.73. The molecule has 2 heteroatoms. The SMILES string of the molecule is CC(C)COC1CC(=O)C2=C1CC=CC2. The molecule has 82 valence electrons. The molecule has 2 nitrogen and oxygen atoms in total. The van der Waals surface area contributed by atoms with Crippen LogP contribution in [-0.2, 0) is 9.53 Å². The zero-order chi connectivity index (χ0) is 10.8. The largest absolute Gasteiger partial charge is 0.373 e. The van der Waals surface area contributed by atoms with Crippen LogP contribution in [-0.4, -0.2) is 18.5 Å². The summed E-state index contributed by atoms with van der Waals surface area (Å²) in [7, 11) is 0. The molecule has 0 aromatic carbocycles. The number of carbonyl (C=O) groups is 1. The summed E-state index contributed by atoms with van der Waals surface area (Å²) in [6.07, 6.45) is 6.59. The van der Waals surface area contributed by atoms with Crippen molar-refractivity contribution in [3.05, 3.63) is 23.3 Å². The Morgan fingerprint density at radius 1 is 1.40 bits per heavy atom. The predicted molar refractivity (Wildman–Crippen MR) is 59.6 cm³/mol. The minimum atomic E-state index is 0.0693. The molecular formula is C13H18O2. The van der Waals surface area contributed by atoms with E-state index in [1.54, 1.807) is 0 Å². The van der Waals surface area contributed by atoms with E-state index in [1.165, 1.54) is 5.57 Å². The first kappa shape index (κ1) is 10.6. The molecule has 0 heterocycles. The van der Waals surface area contributed by atoms with Gasteiger partial charge >= 0.3 is 0 Å². The Labute approximate surface area is 91.0 Å². The number of rotatable bonds is 3. The first-order valence-corrected chi connectivity index (χ1v) is 5.70. The molecule has 0 saturated carbocycles. The first-order chi connectivity index (χ1) is 7.18. The maximum atomic E-state index is 11.7. The van der Waals surface area contributed by atoms with Gasteiger partial charge in [0.15, 0.2) is 5.78 Å². The lowest BCUT2D eigenvalue weighted by molar-refractivity contribution is -0.116. The van der Waals surface area contributed by atoms with E-state index in [0.717, 1.165) is 25.0 Å². The molecular weight excluding hydrogens is 188 g/mol. The topological polar surface area (TPSA) is 26.3 Å². The van der Waals surface area contributed by atoms with Crippen molar-refractivity contribution in [2.75, 3.05) is 6.61 Å². The van der Waals surface area contributed by atoms with Crippen LogP contribution in [0.5, 0.6) is 0 Å². The highest BCUT2D eigenvalue weighted by Gasteiger charge is 2.32. The summed E-state index contributed by atoms with van der Waals surface area (Å²) in [6, 6.07) is 0. The van der Waals surface area contributed by atoms with Crippen molar-refractivity contribution in [3.63, 3.8) is 0 Å². The minimum absolute atomic E-state index is 0.0693. The zero-order valence-electron chi connectivity index (χ0n) is 9.45. The number of hydrogen-bond donors (Lipinski definition) is 0. The van der Waals surface area contributed by atoms with E-state index in [2.05, 4.69) is 26.0 Å². The number of allylic oxidation sites excluding steroid dienone is 3. The van der Waals surface area contributed by atoms with Crippen molar-refractivity contribution < 1.29 is 9.53 Å². The summed E-state index contributed by atoms with van der Waals surface area (Å²) >= 11 is 0. The summed E-state index contributed by atoms with van der Waals surface area (Å²) < 4.78 is 5.79. The molecule has 0 saturated heterocycles. The molecule has 2 rings (SSSR count). The summed E-state index contributed by atoms with van der Waals surface area (Å²) in [5.41, 5.74) is 2.26. The molecule has 1 unspecified atom stereocenters. The summed E-state index contributed by atoms with van der Waals surface area (Å²) in [5.74, 6) is 0.826. The second-order valence-corrected chi connectivity index (χ2v) is 4.73. The van der Waals surface area contributed by atoms with Gasteiger partial charge < -0.3 is 4.74 Å². The van der Waals surface area contributed by atoms with E-state index in [4.69, 9.17) is 4.74 Å². The van der Waals surface area contributed by atoms with Crippen molar-refractivity contribution in [1.82, 2.24) is 0 Å². The second kappa shape index (κ2) is 4.31. The fourth-order valence-electron chi connectivity index (χ4n) is 2.17. The fraction of sp³-hybridized carbons (Fsp3) is 0.615. The Balaban J connectivity index is 2.03. The molecule has 0 N–H and O–H groups in total. The van der Waals surface area contributed by atoms with Crippen molar-refractivity contribution in [1.29, 1.82) is 0 Å². The molecule has 0 bridgehead atoms. The highest BCUT2D eigenvalue weighted by molar-refractivity contribution is 6.00. The Morgan fingerprint density at radius 2 is 2.13 bits per heavy atom. The van der Waals surface area contributed by atoms with Crippen molar-refractivity contribution in [2.24, 2.45) is 5.92 Å². The number of Topliss-reactive ketones (excluding diaryl/α,β-unsaturated/α-hetero) is 1. The van der Waals surface area contributed by atoms with Crippen LogP contribution in [0, 0.1) is 5.92 Å². The van der Waals surface area contributed by atoms with Gasteiger partial charge in [-0.25, -0.2) is 0 Å². The summed E-state index contributed by atoms with van der Waals surface area (Å²) in [5, 5.41) is 0. The van der Waals surface area contributed by atoms with Gasteiger partial charge in [0, 0.05) is 18.6 Å². The molecule has 0 radical (unpaired) electrons. The first-order valence-electron chi connectivity index (χ1n) is 5.70. The lowest BCUT2D eigenvalue weighted by Gasteiger charge is -2.17. The third-order valence-electron chi connectivity index (χ3n) is 2.94. The van der Waals surface area contributed by atoms with E-state index in [-0.39, 0.29) is 6.10 Å². The average molecular weight is 206 g/mol. The van der Waals surface area contributed by atoms with Gasteiger partial charge in [0.25, 0.3) is 0 Å². The zero-order valence-corrected chi connectivity index (χ0v) is 9.45. The highest BCUT2D eigenvalue weighted by Crippen LogP contribution is 2.33. The third kappa shape index (κ3) is 2.20. The van der Waals surface area contributed by atoms with Crippen LogP contribution < -0.4 is 0 Å². The molecule has 0 amide bonds. The molecule has 2 aliphatic carbocycles. The fourth-order valence-corrected chi connectivity index (χ4v) is 2.17. The van der Waals surface area contributed by atoms with Gasteiger partial charge in [-0.2, -0.15) is 0 Å². The molecule has 0 spiro atoms. The molecule has 0 fully saturated rings. The molecule has 15 heavy (non-hydrogen) atoms. The van der Waals surface area contributed by atoms with E-state index >= 15 is 0 Å². The summed E-state index contributed by atoms with van der Waals surface area (Å²) in [4.78, 5) is 11.7. The van der Waals surface area contributed by atoms with Crippen molar-refractivity contribution in [2.45, 2.75) is 39.2 Å². The molecule has 0 aliphatic heterocycles. The van der Waals surface area contributed by atoms with Crippen LogP contribution in [0.25, 0.3) is 0 Å². The van der Waals surface area contributed by atoms with Crippen LogP contribution >= 0.6 is 0 Å². The summed E-state index contributed by atoms with van der Waals surface area (Å²) in [6.45, 7) is 5.01. The number of carbonyl (C=O) groups excluding carboxylic acids is 1. The van der Waals surface area contributed by atoms with Crippen LogP contribution in [0.1, 0.15) is 33.1 Å². The van der Waals surface area contributed by atoms with Gasteiger partial charge in [0.2, 0.25) is 0 Å². The maximum Gasteiger partial charge on any atom is 0.162 e. The maximum absolute atomic E-state index is 11.7. The Bertz CT molecular complexity index is 323. The van der Waals surface area contributed by atoms with Gasteiger partial charge in [0.1, 0.15) is 0 Å². The molecule has 1 atom stereocenters. The van der Waals surface area contributed by atoms with E-state index in [1.807, 2.05) is 0 Å². The van der Waals surface area contributed by atoms with E-state index < -0.39 is 0 Å². The lowest BCUT2D eigenvalue weighted by Crippen LogP contribution is -2.16. The van der Waals surface area contributed by atoms with E-state index in [0.29, 0.717) is 18.1 Å². The van der Waals surface area contributed by atoms with Gasteiger partial charge in [-0.05, 0) is 24.3 Å². The van der Waals surface area contributed by atoms with Crippen LogP contribution in [0.15, 0.2) is 23.3 Å². The Hall–Kier alpha value is -0.890. The predicted octanol–water partition coefficient (Wildman–Crippen LogP) is 2.65. The van der Waals surface area contributed by atoms with Gasteiger partial charge in [-0.3, -0.25) is 4.79 Å². The van der Waals surface area contributed by atoms with Gasteiger partial charge in [-0.1, -0.05) is 26.0 Å². The number of ketones is 1. The number of hydrogen-bond acceptors (Lipinski definition) is 2. The molecule has 0 aromatic heterocycles. The van der Waals surface area contributed by atoms with Crippen LogP contribution in [0.3, 0.4) is 0 Å². The van der Waals surface area contributed by atoms with Crippen molar-refractivity contribution in [3.8, 4) is 0 Å². The van der Waals surface area contributed by atoms with Gasteiger partial charge in [0.05, 0.1) is 6.10 Å². The molecule has 0 aromatic rings. The lowest BCUT2D eigenvalue weighted by atomic mass is 9.99. The van der Waals surface area contributed by atoms with Gasteiger partial charge in [-0.15, -0.1) is 0 Å². The van der Waals surface area contributed by atoms with Crippen molar-refractivity contribution >= 4 is 5.78 Å². The standard InChI is InChI=1S/C13H18O2/c1-9(2)8-15-13-7-12(14)10-5-3-4-6-11(10)13/h3-4,9,13H,5-8H2,1-2H3.